The number of nitrogens with one attached hydrogen (secondary N) is 1. The van der Waals surface area contributed by atoms with Gasteiger partial charge in [0.2, 0.25) is 18.2 Å². The second-order valence-electron chi connectivity index (χ2n) is 12.9. The Morgan fingerprint density at radius 2 is 1.85 bits per heavy atom. The second-order valence-corrected chi connectivity index (χ2v) is 13.3. The Bertz CT molecular complexity index is 1070. The third-order valence-electron chi connectivity index (χ3n) is 8.97. The number of hydroxylamine groups is 2. The molecule has 1 saturated carbocycles. The van der Waals surface area contributed by atoms with Crippen LogP contribution in [0.2, 0.25) is 5.02 Å². The minimum atomic E-state index is -0.721. The molecule has 222 valence electrons. The van der Waals surface area contributed by atoms with E-state index in [0.717, 1.165) is 62.6 Å². The molecular formula is C30H44ClFN4O4. The number of nitrogens with zero attached hydrogens (tertiary/aromatic N) is 3. The first-order chi connectivity index (χ1) is 19.0. The monoisotopic (exact) mass is 578 g/mol. The van der Waals surface area contributed by atoms with E-state index >= 15 is 0 Å². The van der Waals surface area contributed by atoms with E-state index in [4.69, 9.17) is 11.6 Å². The van der Waals surface area contributed by atoms with Crippen molar-refractivity contribution in [3.05, 3.63) is 34.1 Å². The summed E-state index contributed by atoms with van der Waals surface area (Å²) in [6, 6.07) is 2.54. The second kappa shape index (κ2) is 13.2. The van der Waals surface area contributed by atoms with E-state index in [-0.39, 0.29) is 24.2 Å². The van der Waals surface area contributed by atoms with Gasteiger partial charge < -0.3 is 10.2 Å². The van der Waals surface area contributed by atoms with Crippen LogP contribution in [0.25, 0.3) is 0 Å². The topological polar surface area (TPSA) is 93.2 Å². The molecule has 1 saturated heterocycles. The molecule has 1 aromatic rings. The first kappa shape index (κ1) is 30.7. The van der Waals surface area contributed by atoms with Gasteiger partial charge in [0.1, 0.15) is 11.9 Å². The van der Waals surface area contributed by atoms with E-state index in [2.05, 4.69) is 10.2 Å². The number of likely N-dealkylation sites (tertiary alicyclic amines) is 1. The Morgan fingerprint density at radius 1 is 1.18 bits per heavy atom. The van der Waals surface area contributed by atoms with Gasteiger partial charge in [0.25, 0.3) is 0 Å². The van der Waals surface area contributed by atoms with Gasteiger partial charge in [-0.3, -0.25) is 24.5 Å². The Morgan fingerprint density at radius 3 is 2.48 bits per heavy atom. The summed E-state index contributed by atoms with van der Waals surface area (Å²) in [6.07, 6.45) is 7.62. The first-order valence-electron chi connectivity index (χ1n) is 14.7. The van der Waals surface area contributed by atoms with E-state index in [1.807, 2.05) is 25.7 Å². The maximum Gasteiger partial charge on any atom is 0.245 e. The first-order valence-corrected chi connectivity index (χ1v) is 15.0. The molecule has 0 unspecified atom stereocenters. The number of fused-ring (bicyclic) bond motifs is 1. The highest BCUT2D eigenvalue weighted by molar-refractivity contribution is 6.31. The largest absolute Gasteiger partial charge is 0.344 e. The van der Waals surface area contributed by atoms with Crippen molar-refractivity contribution >= 4 is 29.8 Å². The van der Waals surface area contributed by atoms with E-state index in [0.29, 0.717) is 54.5 Å². The molecule has 2 aliphatic heterocycles. The minimum Gasteiger partial charge on any atom is -0.344 e. The summed E-state index contributed by atoms with van der Waals surface area (Å²) in [6.45, 7) is 8.43. The minimum absolute atomic E-state index is 0.0854. The highest BCUT2D eigenvalue weighted by atomic mass is 35.5. The zero-order valence-electron chi connectivity index (χ0n) is 24.0. The van der Waals surface area contributed by atoms with Crippen LogP contribution in [-0.4, -0.2) is 76.6 Å². The molecule has 2 atom stereocenters. The Hall–Kier alpha value is -2.23. The van der Waals surface area contributed by atoms with Crippen molar-refractivity contribution in [2.45, 2.75) is 90.8 Å². The number of hydrogen-bond acceptors (Lipinski definition) is 5. The third-order valence-corrected chi connectivity index (χ3v) is 9.30. The molecule has 3 amide bonds. The molecule has 8 nitrogen and oxygen atoms in total. The fourth-order valence-electron chi connectivity index (χ4n) is 6.64. The Labute approximate surface area is 242 Å². The van der Waals surface area contributed by atoms with Crippen LogP contribution < -0.4 is 5.32 Å². The molecule has 40 heavy (non-hydrogen) atoms. The fourth-order valence-corrected chi connectivity index (χ4v) is 6.92. The SMILES string of the molecule is CC(C)(C)[C@H](NC(=O)[C@H](CC1CCCC1)CN(O)C=O)C(=O)N1CCC(N2CCc3cc(F)cc(Cl)c3C2)CC1. The molecule has 3 aliphatic rings. The lowest BCUT2D eigenvalue weighted by Crippen LogP contribution is -2.58. The van der Waals surface area contributed by atoms with Crippen molar-refractivity contribution in [3.63, 3.8) is 0 Å². The normalized spacial score (nSPS) is 20.6. The lowest BCUT2D eigenvalue weighted by atomic mass is 9.84. The Kier molecular flexibility index (Phi) is 10.1. The lowest BCUT2D eigenvalue weighted by Gasteiger charge is -2.43. The van der Waals surface area contributed by atoms with Crippen LogP contribution in [0.1, 0.15) is 76.8 Å². The molecular weight excluding hydrogens is 535 g/mol. The number of halogens is 2. The van der Waals surface area contributed by atoms with Gasteiger partial charge >= 0.3 is 0 Å². The smallest absolute Gasteiger partial charge is 0.245 e. The van der Waals surface area contributed by atoms with Crippen LogP contribution in [0.3, 0.4) is 0 Å². The number of amides is 3. The summed E-state index contributed by atoms with van der Waals surface area (Å²) >= 11 is 6.35. The van der Waals surface area contributed by atoms with Gasteiger partial charge in [0.15, 0.2) is 0 Å². The molecule has 2 N–H and O–H groups in total. The van der Waals surface area contributed by atoms with Crippen molar-refractivity contribution in [1.29, 1.82) is 0 Å². The van der Waals surface area contributed by atoms with Crippen molar-refractivity contribution in [2.24, 2.45) is 17.3 Å². The molecule has 2 heterocycles. The summed E-state index contributed by atoms with van der Waals surface area (Å²) in [5, 5.41) is 13.9. The molecule has 0 radical (unpaired) electrons. The van der Waals surface area contributed by atoms with Gasteiger partial charge in [0.05, 0.1) is 12.5 Å². The summed E-state index contributed by atoms with van der Waals surface area (Å²) in [4.78, 5) is 42.6. The van der Waals surface area contributed by atoms with Crippen LogP contribution in [0.15, 0.2) is 12.1 Å². The standard InChI is InChI=1S/C30H44ClFN4O4/c1-30(2,3)27(33-28(38)22(17-36(40)19-37)14-20-6-4-5-7-20)29(39)34-12-9-24(10-13-34)35-11-8-21-15-23(32)16-26(31)25(21)18-35/h15-16,19-20,22,24,27,40H,4-14,17-18H2,1-3H3,(H,33,38)/t22-,27-/m1/s1. The van der Waals surface area contributed by atoms with Gasteiger partial charge in [-0.05, 0) is 60.3 Å². The molecule has 0 spiro atoms. The van der Waals surface area contributed by atoms with Gasteiger partial charge in [-0.2, -0.15) is 0 Å². The van der Waals surface area contributed by atoms with Crippen LogP contribution in [0, 0.1) is 23.1 Å². The number of carbonyl (C=O) groups is 3. The van der Waals surface area contributed by atoms with E-state index in [1.165, 1.54) is 6.07 Å². The number of hydrogen-bond donors (Lipinski definition) is 2. The van der Waals surface area contributed by atoms with E-state index in [9.17, 15) is 24.0 Å². The van der Waals surface area contributed by atoms with E-state index in [1.54, 1.807) is 6.07 Å². The summed E-state index contributed by atoms with van der Waals surface area (Å²) < 4.78 is 13.8. The van der Waals surface area contributed by atoms with Gasteiger partial charge in [0, 0.05) is 37.2 Å². The average molecular weight is 579 g/mol. The van der Waals surface area contributed by atoms with Crippen LogP contribution in [0.4, 0.5) is 4.39 Å². The zero-order chi connectivity index (χ0) is 29.0. The van der Waals surface area contributed by atoms with Crippen LogP contribution >= 0.6 is 11.6 Å². The lowest BCUT2D eigenvalue weighted by molar-refractivity contribution is -0.156. The fraction of sp³-hybridized carbons (Fsp3) is 0.700. The predicted molar refractivity (Wildman–Crippen MR) is 151 cm³/mol. The molecule has 1 aliphatic carbocycles. The number of carbonyl (C=O) groups excluding carboxylic acids is 3. The summed E-state index contributed by atoms with van der Waals surface area (Å²) in [5.41, 5.74) is 1.45. The maximum atomic E-state index is 13.8. The summed E-state index contributed by atoms with van der Waals surface area (Å²) in [5.74, 6) is -0.890. The van der Waals surface area contributed by atoms with Gasteiger partial charge in [-0.25, -0.2) is 9.45 Å². The third kappa shape index (κ3) is 7.53. The van der Waals surface area contributed by atoms with Crippen LogP contribution in [-0.2, 0) is 27.3 Å². The molecule has 4 rings (SSSR count). The Balaban J connectivity index is 1.37. The summed E-state index contributed by atoms with van der Waals surface area (Å²) in [7, 11) is 0. The molecule has 1 aromatic carbocycles. The van der Waals surface area contributed by atoms with Crippen molar-refractivity contribution in [2.75, 3.05) is 26.2 Å². The highest BCUT2D eigenvalue weighted by Crippen LogP contribution is 2.33. The zero-order valence-corrected chi connectivity index (χ0v) is 24.8. The number of rotatable bonds is 9. The van der Waals surface area contributed by atoms with Crippen molar-refractivity contribution < 1.29 is 24.0 Å². The number of piperidine rings is 1. The number of benzene rings is 1. The van der Waals surface area contributed by atoms with E-state index < -0.39 is 17.4 Å². The molecule has 2 fully saturated rings. The van der Waals surface area contributed by atoms with Gasteiger partial charge in [-0.15, -0.1) is 0 Å². The van der Waals surface area contributed by atoms with Crippen LogP contribution in [0.5, 0.6) is 0 Å². The molecule has 0 aromatic heterocycles. The maximum absolute atomic E-state index is 13.8. The predicted octanol–water partition coefficient (Wildman–Crippen LogP) is 4.40. The van der Waals surface area contributed by atoms with Gasteiger partial charge in [-0.1, -0.05) is 58.1 Å². The molecule has 0 bridgehead atoms. The highest BCUT2D eigenvalue weighted by Gasteiger charge is 2.39. The van der Waals surface area contributed by atoms with Crippen molar-refractivity contribution in [1.82, 2.24) is 20.2 Å². The van der Waals surface area contributed by atoms with Crippen molar-refractivity contribution in [3.8, 4) is 0 Å². The average Bonchev–Trinajstić information content (AvgIpc) is 3.43. The molecule has 10 heteroatoms. The quantitative estimate of drug-likeness (QED) is 0.257.